The van der Waals surface area contributed by atoms with E-state index in [-0.39, 0.29) is 0 Å². The fourth-order valence-corrected chi connectivity index (χ4v) is 1.32. The van der Waals surface area contributed by atoms with E-state index in [0.717, 1.165) is 12.0 Å². The molecule has 0 nitrogen and oxygen atoms in total. The summed E-state index contributed by atoms with van der Waals surface area (Å²) in [6, 6.07) is 7.33. The lowest BCUT2D eigenvalue weighted by Crippen LogP contribution is -1.81. The Morgan fingerprint density at radius 3 is 3.27 bits per heavy atom. The summed E-state index contributed by atoms with van der Waals surface area (Å²) < 4.78 is 0. The van der Waals surface area contributed by atoms with E-state index < -0.39 is 0 Å². The third-order valence-corrected chi connectivity index (χ3v) is 1.95. The zero-order chi connectivity index (χ0) is 7.68. The molecular weight excluding hydrogens is 132 g/mol. The third-order valence-electron chi connectivity index (χ3n) is 1.95. The number of allylic oxidation sites excluding steroid dienone is 1. The van der Waals surface area contributed by atoms with Gasteiger partial charge in [-0.05, 0) is 41.3 Å². The van der Waals surface area contributed by atoms with Crippen LogP contribution in [0.2, 0.25) is 0 Å². The van der Waals surface area contributed by atoms with Crippen molar-refractivity contribution in [2.45, 2.75) is 6.42 Å². The molecule has 0 spiro atoms. The highest BCUT2D eigenvalue weighted by Crippen LogP contribution is 2.20. The van der Waals surface area contributed by atoms with Gasteiger partial charge in [-0.25, -0.2) is 0 Å². The highest BCUT2D eigenvalue weighted by atomic mass is 14.1. The van der Waals surface area contributed by atoms with Gasteiger partial charge in [0.1, 0.15) is 0 Å². The van der Waals surface area contributed by atoms with Crippen LogP contribution in [0, 0.1) is 6.07 Å². The SMILES string of the molecule is C=Cc1[c]cc2c(c1)C=CC2. The Morgan fingerprint density at radius 1 is 1.55 bits per heavy atom. The van der Waals surface area contributed by atoms with E-state index in [2.05, 4.69) is 30.9 Å². The second kappa shape index (κ2) is 2.39. The first-order valence-electron chi connectivity index (χ1n) is 3.74. The zero-order valence-electron chi connectivity index (χ0n) is 6.30. The predicted molar refractivity (Wildman–Crippen MR) is 48.1 cm³/mol. The van der Waals surface area contributed by atoms with Crippen LogP contribution in [0.5, 0.6) is 0 Å². The van der Waals surface area contributed by atoms with Crippen LogP contribution < -0.4 is 0 Å². The summed E-state index contributed by atoms with van der Waals surface area (Å²) >= 11 is 0. The molecule has 0 saturated carbocycles. The van der Waals surface area contributed by atoms with Crippen LogP contribution in [-0.4, -0.2) is 0 Å². The van der Waals surface area contributed by atoms with Gasteiger partial charge in [-0.2, -0.15) is 0 Å². The summed E-state index contributed by atoms with van der Waals surface area (Å²) in [5.74, 6) is 0. The summed E-state index contributed by atoms with van der Waals surface area (Å²) in [5.41, 5.74) is 3.77. The Bertz CT molecular complexity index is 319. The molecule has 0 aromatic heterocycles. The third kappa shape index (κ3) is 1.01. The van der Waals surface area contributed by atoms with Crippen molar-refractivity contribution in [2.24, 2.45) is 0 Å². The largest absolute Gasteiger partial charge is 0.0984 e. The van der Waals surface area contributed by atoms with Crippen LogP contribution in [0.4, 0.5) is 0 Å². The highest BCUT2D eigenvalue weighted by Gasteiger charge is 2.03. The van der Waals surface area contributed by atoms with Gasteiger partial charge in [0.15, 0.2) is 0 Å². The smallest absolute Gasteiger partial charge is 0.00879 e. The molecule has 1 aliphatic rings. The fraction of sp³-hybridized carbons (Fsp3) is 0.0909. The van der Waals surface area contributed by atoms with Crippen molar-refractivity contribution in [3.05, 3.63) is 47.5 Å². The van der Waals surface area contributed by atoms with Gasteiger partial charge in [0.25, 0.3) is 0 Å². The average Bonchev–Trinajstić information content (AvgIpc) is 2.50. The maximum atomic E-state index is 3.70. The molecule has 0 bridgehead atoms. The lowest BCUT2D eigenvalue weighted by Gasteiger charge is -1.98. The maximum absolute atomic E-state index is 3.70. The normalized spacial score (nSPS) is 13.1. The van der Waals surface area contributed by atoms with Crippen molar-refractivity contribution in [3.63, 3.8) is 0 Å². The Morgan fingerprint density at radius 2 is 2.45 bits per heavy atom. The second-order valence-corrected chi connectivity index (χ2v) is 2.68. The van der Waals surface area contributed by atoms with Crippen LogP contribution in [-0.2, 0) is 6.42 Å². The molecule has 0 fully saturated rings. The Hall–Kier alpha value is -1.30. The molecule has 0 aliphatic heterocycles. The number of hydrogen-bond acceptors (Lipinski definition) is 0. The minimum atomic E-state index is 1.06. The molecule has 1 aliphatic carbocycles. The molecule has 0 heteroatoms. The zero-order valence-corrected chi connectivity index (χ0v) is 6.30. The molecule has 53 valence electrons. The number of rotatable bonds is 1. The maximum Gasteiger partial charge on any atom is -0.00879 e. The molecule has 0 unspecified atom stereocenters. The summed E-state index contributed by atoms with van der Waals surface area (Å²) in [5, 5.41) is 0. The lowest BCUT2D eigenvalue weighted by molar-refractivity contribution is 1.31. The first-order valence-corrected chi connectivity index (χ1v) is 3.74. The van der Waals surface area contributed by atoms with Gasteiger partial charge in [-0.3, -0.25) is 0 Å². The van der Waals surface area contributed by atoms with Gasteiger partial charge < -0.3 is 0 Å². The Labute approximate surface area is 66.9 Å². The molecule has 0 atom stereocenters. The first kappa shape index (κ1) is 6.41. The Kier molecular flexibility index (Phi) is 1.39. The van der Waals surface area contributed by atoms with Crippen LogP contribution >= 0.6 is 0 Å². The average molecular weight is 141 g/mol. The van der Waals surface area contributed by atoms with Crippen LogP contribution in [0.1, 0.15) is 16.7 Å². The van der Waals surface area contributed by atoms with Crippen LogP contribution in [0.3, 0.4) is 0 Å². The van der Waals surface area contributed by atoms with Crippen LogP contribution in [0.15, 0.2) is 24.8 Å². The van der Waals surface area contributed by atoms with Gasteiger partial charge in [-0.1, -0.05) is 24.8 Å². The standard InChI is InChI=1S/C11H9/c1-2-9-6-7-10-4-3-5-11(10)8-9/h2-3,5,7-8H,1,4H2. The summed E-state index contributed by atoms with van der Waals surface area (Å²) in [7, 11) is 0. The van der Waals surface area contributed by atoms with Crippen LogP contribution in [0.25, 0.3) is 12.2 Å². The molecular formula is C11H9. The minimum Gasteiger partial charge on any atom is -0.0984 e. The van der Waals surface area contributed by atoms with Gasteiger partial charge >= 0.3 is 0 Å². The van der Waals surface area contributed by atoms with Gasteiger partial charge in [-0.15, -0.1) is 0 Å². The Balaban J connectivity index is 2.55. The summed E-state index contributed by atoms with van der Waals surface area (Å²) in [6.45, 7) is 3.70. The van der Waals surface area contributed by atoms with E-state index >= 15 is 0 Å². The van der Waals surface area contributed by atoms with Crippen molar-refractivity contribution in [2.75, 3.05) is 0 Å². The van der Waals surface area contributed by atoms with Gasteiger partial charge in [0.2, 0.25) is 0 Å². The minimum absolute atomic E-state index is 1.06. The monoisotopic (exact) mass is 141 g/mol. The molecule has 2 rings (SSSR count). The van der Waals surface area contributed by atoms with E-state index in [4.69, 9.17) is 0 Å². The number of benzene rings is 1. The van der Waals surface area contributed by atoms with E-state index in [9.17, 15) is 0 Å². The molecule has 1 aromatic carbocycles. The summed E-state index contributed by atoms with van der Waals surface area (Å²) in [4.78, 5) is 0. The lowest BCUT2D eigenvalue weighted by atomic mass is 10.1. The molecule has 0 N–H and O–H groups in total. The fourth-order valence-electron chi connectivity index (χ4n) is 1.32. The molecule has 11 heavy (non-hydrogen) atoms. The van der Waals surface area contributed by atoms with E-state index in [1.54, 1.807) is 0 Å². The number of hydrogen-bond donors (Lipinski definition) is 0. The molecule has 0 heterocycles. The second-order valence-electron chi connectivity index (χ2n) is 2.68. The van der Waals surface area contributed by atoms with Crippen molar-refractivity contribution < 1.29 is 0 Å². The predicted octanol–water partition coefficient (Wildman–Crippen LogP) is 2.70. The van der Waals surface area contributed by atoms with Crippen molar-refractivity contribution in [1.82, 2.24) is 0 Å². The van der Waals surface area contributed by atoms with Crippen molar-refractivity contribution in [3.8, 4) is 0 Å². The van der Waals surface area contributed by atoms with E-state index in [1.165, 1.54) is 11.1 Å². The molecule has 1 aromatic rings. The quantitative estimate of drug-likeness (QED) is 0.564. The van der Waals surface area contributed by atoms with Crippen molar-refractivity contribution in [1.29, 1.82) is 0 Å². The summed E-state index contributed by atoms with van der Waals surface area (Å²) in [6.07, 6.45) is 7.21. The molecule has 1 radical (unpaired) electrons. The first-order chi connectivity index (χ1) is 5.40. The van der Waals surface area contributed by atoms with Gasteiger partial charge in [0.05, 0.1) is 0 Å². The van der Waals surface area contributed by atoms with Crippen molar-refractivity contribution >= 4 is 12.2 Å². The number of fused-ring (bicyclic) bond motifs is 1. The molecule has 0 amide bonds. The van der Waals surface area contributed by atoms with Gasteiger partial charge in [0, 0.05) is 0 Å². The molecule has 0 saturated heterocycles. The van der Waals surface area contributed by atoms with E-state index in [1.807, 2.05) is 12.1 Å². The topological polar surface area (TPSA) is 0 Å². The highest BCUT2D eigenvalue weighted by molar-refractivity contribution is 5.63. The van der Waals surface area contributed by atoms with E-state index in [0.29, 0.717) is 0 Å².